The zero-order chi connectivity index (χ0) is 17.7. The molecule has 1 N–H and O–H groups in total. The van der Waals surface area contributed by atoms with Gasteiger partial charge in [-0.1, -0.05) is 30.7 Å². The zero-order valence-corrected chi connectivity index (χ0v) is 14.7. The molecule has 0 unspecified atom stereocenters. The Kier molecular flexibility index (Phi) is 6.21. The number of rotatable bonds is 6. The minimum Gasteiger partial charge on any atom is -0.481 e. The van der Waals surface area contributed by atoms with Gasteiger partial charge in [-0.05, 0) is 61.7 Å². The van der Waals surface area contributed by atoms with Gasteiger partial charge in [0.1, 0.15) is 11.6 Å². The van der Waals surface area contributed by atoms with Crippen LogP contribution in [0.25, 0.3) is 0 Å². The van der Waals surface area contributed by atoms with Gasteiger partial charge in [0.15, 0.2) is 6.10 Å². The van der Waals surface area contributed by atoms with Gasteiger partial charge in [-0.15, -0.1) is 0 Å². The molecule has 0 aromatic heterocycles. The van der Waals surface area contributed by atoms with E-state index >= 15 is 0 Å². The molecule has 1 amide bonds. The van der Waals surface area contributed by atoms with Gasteiger partial charge in [0.25, 0.3) is 5.91 Å². The molecule has 0 aliphatic carbocycles. The third-order valence-electron chi connectivity index (χ3n) is 3.80. The van der Waals surface area contributed by atoms with Gasteiger partial charge in [-0.25, -0.2) is 4.39 Å². The van der Waals surface area contributed by atoms with Crippen LogP contribution in [0.2, 0.25) is 5.02 Å². The van der Waals surface area contributed by atoms with Crippen molar-refractivity contribution in [2.75, 3.05) is 0 Å². The van der Waals surface area contributed by atoms with Crippen molar-refractivity contribution in [1.29, 1.82) is 0 Å². The van der Waals surface area contributed by atoms with Crippen LogP contribution in [-0.2, 0) is 4.79 Å². The number of carbonyl (C=O) groups is 1. The fraction of sp³-hybridized carbons (Fsp3) is 0.316. The van der Waals surface area contributed by atoms with Crippen LogP contribution in [0, 0.1) is 12.7 Å². The smallest absolute Gasteiger partial charge is 0.261 e. The maximum Gasteiger partial charge on any atom is 0.261 e. The van der Waals surface area contributed by atoms with Gasteiger partial charge in [-0.3, -0.25) is 4.79 Å². The highest BCUT2D eigenvalue weighted by Gasteiger charge is 2.21. The maximum absolute atomic E-state index is 13.0. The van der Waals surface area contributed by atoms with E-state index in [4.69, 9.17) is 16.3 Å². The molecule has 24 heavy (non-hydrogen) atoms. The van der Waals surface area contributed by atoms with Crippen LogP contribution in [-0.4, -0.2) is 12.0 Å². The van der Waals surface area contributed by atoms with Gasteiger partial charge in [0.2, 0.25) is 0 Å². The summed E-state index contributed by atoms with van der Waals surface area (Å²) in [6.07, 6.45) is -0.0719. The summed E-state index contributed by atoms with van der Waals surface area (Å²) >= 11 is 6.00. The topological polar surface area (TPSA) is 38.3 Å². The first-order valence-electron chi connectivity index (χ1n) is 7.89. The Balaban J connectivity index is 2.02. The van der Waals surface area contributed by atoms with Gasteiger partial charge in [0, 0.05) is 5.02 Å². The van der Waals surface area contributed by atoms with E-state index in [-0.39, 0.29) is 17.8 Å². The molecule has 0 saturated heterocycles. The fourth-order valence-electron chi connectivity index (χ4n) is 2.32. The normalized spacial score (nSPS) is 13.2. The second kappa shape index (κ2) is 8.15. The molecule has 2 atom stereocenters. The van der Waals surface area contributed by atoms with E-state index in [1.54, 1.807) is 24.3 Å². The van der Waals surface area contributed by atoms with E-state index in [1.807, 2.05) is 26.8 Å². The molecule has 2 aromatic carbocycles. The van der Waals surface area contributed by atoms with Crippen molar-refractivity contribution in [2.45, 2.75) is 39.3 Å². The lowest BCUT2D eigenvalue weighted by Gasteiger charge is -2.21. The highest BCUT2D eigenvalue weighted by atomic mass is 35.5. The van der Waals surface area contributed by atoms with E-state index in [0.29, 0.717) is 17.2 Å². The Bertz CT molecular complexity index is 703. The summed E-state index contributed by atoms with van der Waals surface area (Å²) in [4.78, 5) is 12.4. The SMILES string of the molecule is CC[C@@H](Oc1ccc(Cl)c(C)c1)C(=O)N[C@@H](C)c1ccc(F)cc1. The molecule has 0 spiro atoms. The van der Waals surface area contributed by atoms with Crippen molar-refractivity contribution >= 4 is 17.5 Å². The fourth-order valence-corrected chi connectivity index (χ4v) is 2.44. The summed E-state index contributed by atoms with van der Waals surface area (Å²) in [5.41, 5.74) is 1.73. The van der Waals surface area contributed by atoms with E-state index in [0.717, 1.165) is 11.1 Å². The van der Waals surface area contributed by atoms with Crippen LogP contribution in [0.1, 0.15) is 37.4 Å². The minimum atomic E-state index is -0.603. The molecule has 0 heterocycles. The van der Waals surface area contributed by atoms with Crippen molar-refractivity contribution in [2.24, 2.45) is 0 Å². The third-order valence-corrected chi connectivity index (χ3v) is 4.22. The Hall–Kier alpha value is -2.07. The maximum atomic E-state index is 13.0. The molecule has 2 rings (SSSR count). The number of hydrogen-bond donors (Lipinski definition) is 1. The number of hydrogen-bond acceptors (Lipinski definition) is 2. The van der Waals surface area contributed by atoms with E-state index in [2.05, 4.69) is 5.32 Å². The average molecular weight is 350 g/mol. The zero-order valence-electron chi connectivity index (χ0n) is 14.0. The van der Waals surface area contributed by atoms with Crippen LogP contribution in [0.4, 0.5) is 4.39 Å². The summed E-state index contributed by atoms with van der Waals surface area (Å²) in [5, 5.41) is 3.56. The van der Waals surface area contributed by atoms with Gasteiger partial charge < -0.3 is 10.1 Å². The molecule has 0 bridgehead atoms. The van der Waals surface area contributed by atoms with Crippen LogP contribution >= 0.6 is 11.6 Å². The van der Waals surface area contributed by atoms with Crippen LogP contribution in [0.5, 0.6) is 5.75 Å². The first kappa shape index (κ1) is 18.3. The summed E-state index contributed by atoms with van der Waals surface area (Å²) in [5.74, 6) is 0.0976. The molecule has 0 aliphatic rings. The van der Waals surface area contributed by atoms with Crippen molar-refractivity contribution in [3.8, 4) is 5.75 Å². The molecule has 0 radical (unpaired) electrons. The van der Waals surface area contributed by atoms with E-state index in [9.17, 15) is 9.18 Å². The number of ether oxygens (including phenoxy) is 1. The van der Waals surface area contributed by atoms with Gasteiger partial charge in [-0.2, -0.15) is 0 Å². The standard InChI is InChI=1S/C19H21ClFNO2/c1-4-18(24-16-9-10-17(20)12(2)11-16)19(23)22-13(3)14-5-7-15(21)8-6-14/h5-11,13,18H,4H2,1-3H3,(H,22,23)/t13-,18+/m0/s1. The molecule has 2 aromatic rings. The second-order valence-corrected chi connectivity index (χ2v) is 6.11. The molecule has 5 heteroatoms. The molecule has 0 saturated carbocycles. The molecule has 128 valence electrons. The quantitative estimate of drug-likeness (QED) is 0.811. The van der Waals surface area contributed by atoms with Crippen molar-refractivity contribution < 1.29 is 13.9 Å². The van der Waals surface area contributed by atoms with E-state index in [1.165, 1.54) is 12.1 Å². The Labute approximate surface area is 146 Å². The third kappa shape index (κ3) is 4.71. The first-order valence-corrected chi connectivity index (χ1v) is 8.27. The monoisotopic (exact) mass is 349 g/mol. The molecular weight excluding hydrogens is 329 g/mol. The predicted octanol–water partition coefficient (Wildman–Crippen LogP) is 4.82. The predicted molar refractivity (Wildman–Crippen MR) is 93.9 cm³/mol. The average Bonchev–Trinajstić information content (AvgIpc) is 2.56. The van der Waals surface area contributed by atoms with Crippen LogP contribution < -0.4 is 10.1 Å². The van der Waals surface area contributed by atoms with Crippen LogP contribution in [0.15, 0.2) is 42.5 Å². The number of nitrogens with one attached hydrogen (secondary N) is 1. The highest BCUT2D eigenvalue weighted by molar-refractivity contribution is 6.31. The van der Waals surface area contributed by atoms with E-state index < -0.39 is 6.10 Å². The molecular formula is C19H21ClFNO2. The first-order chi connectivity index (χ1) is 11.4. The molecule has 0 fully saturated rings. The summed E-state index contributed by atoms with van der Waals surface area (Å²) < 4.78 is 18.8. The highest BCUT2D eigenvalue weighted by Crippen LogP contribution is 2.22. The largest absolute Gasteiger partial charge is 0.481 e. The number of aryl methyl sites for hydroxylation is 1. The van der Waals surface area contributed by atoms with Gasteiger partial charge >= 0.3 is 0 Å². The van der Waals surface area contributed by atoms with Crippen LogP contribution in [0.3, 0.4) is 0 Å². The lowest BCUT2D eigenvalue weighted by atomic mass is 10.1. The summed E-state index contributed by atoms with van der Waals surface area (Å²) in [6.45, 7) is 5.62. The van der Waals surface area contributed by atoms with Crippen molar-refractivity contribution in [3.05, 3.63) is 64.4 Å². The minimum absolute atomic E-state index is 0.207. The molecule has 3 nitrogen and oxygen atoms in total. The van der Waals surface area contributed by atoms with Crippen molar-refractivity contribution in [1.82, 2.24) is 5.32 Å². The number of benzene rings is 2. The van der Waals surface area contributed by atoms with Crippen molar-refractivity contribution in [3.63, 3.8) is 0 Å². The Morgan fingerprint density at radius 2 is 1.92 bits per heavy atom. The number of halogens is 2. The van der Waals surface area contributed by atoms with Gasteiger partial charge in [0.05, 0.1) is 6.04 Å². The second-order valence-electron chi connectivity index (χ2n) is 5.71. The lowest BCUT2D eigenvalue weighted by Crippen LogP contribution is -2.39. The summed E-state index contributed by atoms with van der Waals surface area (Å²) in [6, 6.07) is 11.1. The summed E-state index contributed by atoms with van der Waals surface area (Å²) in [7, 11) is 0. The molecule has 0 aliphatic heterocycles. The Morgan fingerprint density at radius 1 is 1.25 bits per heavy atom. The number of carbonyl (C=O) groups excluding carboxylic acids is 1. The lowest BCUT2D eigenvalue weighted by molar-refractivity contribution is -0.128. The Morgan fingerprint density at radius 3 is 2.50 bits per heavy atom. The number of amides is 1.